The van der Waals surface area contributed by atoms with E-state index >= 15 is 0 Å². The predicted octanol–water partition coefficient (Wildman–Crippen LogP) is -0.312. The summed E-state index contributed by atoms with van der Waals surface area (Å²) < 4.78 is 22.2. The van der Waals surface area contributed by atoms with E-state index in [1.54, 1.807) is 0 Å². The molecule has 12 heavy (non-hydrogen) atoms. The summed E-state index contributed by atoms with van der Waals surface area (Å²) in [6.45, 7) is 0. The highest BCUT2D eigenvalue weighted by atomic mass is 79.9. The van der Waals surface area contributed by atoms with E-state index in [0.717, 1.165) is 0 Å². The first-order chi connectivity index (χ1) is 5.42. The van der Waals surface area contributed by atoms with Gasteiger partial charge in [0.2, 0.25) is 0 Å². The van der Waals surface area contributed by atoms with Crippen molar-refractivity contribution in [3.8, 4) is 0 Å². The Hall–Kier alpha value is -0.560. The molecule has 0 spiro atoms. The van der Waals surface area contributed by atoms with Gasteiger partial charge in [-0.25, -0.2) is 13.2 Å². The maximum absolute atomic E-state index is 11.0. The zero-order chi connectivity index (χ0) is 9.35. The molecule has 1 heterocycles. The van der Waals surface area contributed by atoms with Crippen molar-refractivity contribution in [1.29, 1.82) is 0 Å². The maximum atomic E-state index is 11.0. The number of amides is 2. The SMILES string of the molecule is NC(=O)N[C@H]1C=C(Br)S(=O)(=O)C1. The van der Waals surface area contributed by atoms with E-state index in [0.29, 0.717) is 0 Å². The molecule has 0 bridgehead atoms. The van der Waals surface area contributed by atoms with E-state index in [2.05, 4.69) is 21.2 Å². The zero-order valence-electron chi connectivity index (χ0n) is 5.95. The summed E-state index contributed by atoms with van der Waals surface area (Å²) in [6.07, 6.45) is 1.40. The number of halogens is 1. The van der Waals surface area contributed by atoms with E-state index in [-0.39, 0.29) is 9.57 Å². The Labute approximate surface area is 78.0 Å². The van der Waals surface area contributed by atoms with E-state index in [1.165, 1.54) is 6.08 Å². The van der Waals surface area contributed by atoms with Crippen molar-refractivity contribution in [2.75, 3.05) is 5.75 Å². The highest BCUT2D eigenvalue weighted by Gasteiger charge is 2.28. The van der Waals surface area contributed by atoms with Crippen LogP contribution in [0, 0.1) is 0 Å². The quantitative estimate of drug-likeness (QED) is 0.673. The zero-order valence-corrected chi connectivity index (χ0v) is 8.35. The number of hydrogen-bond acceptors (Lipinski definition) is 3. The summed E-state index contributed by atoms with van der Waals surface area (Å²) in [7, 11) is -3.21. The molecule has 0 aliphatic carbocycles. The van der Waals surface area contributed by atoms with Gasteiger partial charge >= 0.3 is 6.03 Å². The monoisotopic (exact) mass is 254 g/mol. The number of hydrogen-bond donors (Lipinski definition) is 2. The molecular weight excluding hydrogens is 248 g/mol. The highest BCUT2D eigenvalue weighted by molar-refractivity contribution is 9.13. The predicted molar refractivity (Wildman–Crippen MR) is 47.3 cm³/mol. The van der Waals surface area contributed by atoms with Crippen molar-refractivity contribution >= 4 is 31.8 Å². The van der Waals surface area contributed by atoms with Crippen LogP contribution in [0.15, 0.2) is 9.89 Å². The molecule has 7 heteroatoms. The van der Waals surface area contributed by atoms with Crippen LogP contribution in [0.4, 0.5) is 4.79 Å². The van der Waals surface area contributed by atoms with Crippen LogP contribution in [-0.4, -0.2) is 26.2 Å². The second kappa shape index (κ2) is 3.06. The lowest BCUT2D eigenvalue weighted by atomic mass is 10.3. The summed E-state index contributed by atoms with van der Waals surface area (Å²) in [4.78, 5) is 10.3. The Morgan fingerprint density at radius 1 is 1.75 bits per heavy atom. The van der Waals surface area contributed by atoms with E-state index in [1.807, 2.05) is 0 Å². The fraction of sp³-hybridized carbons (Fsp3) is 0.400. The van der Waals surface area contributed by atoms with Crippen molar-refractivity contribution < 1.29 is 13.2 Å². The molecule has 0 saturated carbocycles. The van der Waals surface area contributed by atoms with Crippen LogP contribution < -0.4 is 11.1 Å². The van der Waals surface area contributed by atoms with Crippen LogP contribution >= 0.6 is 15.9 Å². The van der Waals surface area contributed by atoms with Gasteiger partial charge in [-0.15, -0.1) is 0 Å². The number of carbonyl (C=O) groups excluding carboxylic acids is 1. The standard InChI is InChI=1S/C5H7BrN2O3S/c6-4-1-3(8-5(7)9)2-12(4,10)11/h1,3H,2H2,(H3,7,8,9)/t3-/m0/s1. The molecule has 0 aromatic rings. The van der Waals surface area contributed by atoms with Gasteiger partial charge in [-0.3, -0.25) is 0 Å². The van der Waals surface area contributed by atoms with Crippen LogP contribution in [0.1, 0.15) is 0 Å². The average molecular weight is 255 g/mol. The highest BCUT2D eigenvalue weighted by Crippen LogP contribution is 2.23. The Morgan fingerprint density at radius 2 is 2.33 bits per heavy atom. The van der Waals surface area contributed by atoms with E-state index in [4.69, 9.17) is 5.73 Å². The molecule has 1 aliphatic heterocycles. The molecule has 0 aromatic heterocycles. The van der Waals surface area contributed by atoms with Crippen LogP contribution in [0.2, 0.25) is 0 Å². The molecular formula is C5H7BrN2O3S. The first-order valence-electron chi connectivity index (χ1n) is 3.08. The number of nitrogens with two attached hydrogens (primary N) is 1. The minimum atomic E-state index is -3.21. The molecule has 3 N–H and O–H groups in total. The van der Waals surface area contributed by atoms with Crippen molar-refractivity contribution in [3.05, 3.63) is 9.89 Å². The Kier molecular flexibility index (Phi) is 2.43. The lowest BCUT2D eigenvalue weighted by Crippen LogP contribution is -2.39. The fourth-order valence-corrected chi connectivity index (χ4v) is 2.79. The van der Waals surface area contributed by atoms with Gasteiger partial charge in [0.05, 0.1) is 11.8 Å². The van der Waals surface area contributed by atoms with Crippen molar-refractivity contribution in [2.45, 2.75) is 6.04 Å². The maximum Gasteiger partial charge on any atom is 0.312 e. The van der Waals surface area contributed by atoms with Crippen molar-refractivity contribution in [1.82, 2.24) is 5.32 Å². The summed E-state index contributed by atoms with van der Waals surface area (Å²) in [5.74, 6) is -0.128. The lowest BCUT2D eigenvalue weighted by molar-refractivity contribution is 0.248. The average Bonchev–Trinajstić information content (AvgIpc) is 2.04. The minimum Gasteiger partial charge on any atom is -0.352 e. The van der Waals surface area contributed by atoms with Gasteiger partial charge in [0.1, 0.15) is 3.81 Å². The summed E-state index contributed by atoms with van der Waals surface area (Å²) in [5.41, 5.74) is 4.82. The van der Waals surface area contributed by atoms with Crippen LogP contribution in [0.5, 0.6) is 0 Å². The molecule has 0 radical (unpaired) electrons. The van der Waals surface area contributed by atoms with Gasteiger partial charge in [-0.05, 0) is 22.0 Å². The second-order valence-electron chi connectivity index (χ2n) is 2.37. The topological polar surface area (TPSA) is 89.3 Å². The number of primary amides is 1. The molecule has 5 nitrogen and oxygen atoms in total. The van der Waals surface area contributed by atoms with Crippen LogP contribution in [0.25, 0.3) is 0 Å². The van der Waals surface area contributed by atoms with Gasteiger partial charge < -0.3 is 11.1 Å². The fourth-order valence-electron chi connectivity index (χ4n) is 0.892. The molecule has 1 atom stereocenters. The first-order valence-corrected chi connectivity index (χ1v) is 5.52. The van der Waals surface area contributed by atoms with Gasteiger partial charge in [-0.2, -0.15) is 0 Å². The molecule has 0 fully saturated rings. The van der Waals surface area contributed by atoms with Crippen molar-refractivity contribution in [3.63, 3.8) is 0 Å². The van der Waals surface area contributed by atoms with Gasteiger partial charge in [0.15, 0.2) is 9.84 Å². The lowest BCUT2D eigenvalue weighted by Gasteiger charge is -2.04. The largest absolute Gasteiger partial charge is 0.352 e. The number of nitrogens with one attached hydrogen (secondary N) is 1. The summed E-state index contributed by atoms with van der Waals surface area (Å²) in [6, 6.07) is -1.24. The third kappa shape index (κ3) is 1.98. The number of sulfone groups is 1. The third-order valence-electron chi connectivity index (χ3n) is 1.36. The molecule has 0 unspecified atom stereocenters. The van der Waals surface area contributed by atoms with Gasteiger partial charge in [0.25, 0.3) is 0 Å². The van der Waals surface area contributed by atoms with Crippen LogP contribution in [-0.2, 0) is 9.84 Å². The molecule has 68 valence electrons. The summed E-state index contributed by atoms with van der Waals surface area (Å²) >= 11 is 2.87. The van der Waals surface area contributed by atoms with Crippen molar-refractivity contribution in [2.24, 2.45) is 5.73 Å². The Morgan fingerprint density at radius 3 is 2.67 bits per heavy atom. The molecule has 1 rings (SSSR count). The number of urea groups is 1. The Bertz CT molecular complexity index is 335. The molecule has 0 saturated heterocycles. The number of carbonyl (C=O) groups is 1. The number of rotatable bonds is 1. The third-order valence-corrected chi connectivity index (χ3v) is 4.63. The summed E-state index contributed by atoms with van der Waals surface area (Å²) in [5, 5.41) is 2.28. The minimum absolute atomic E-state index is 0.105. The molecule has 1 aliphatic rings. The molecule has 0 aromatic carbocycles. The Balaban J connectivity index is 2.74. The van der Waals surface area contributed by atoms with Gasteiger partial charge in [-0.1, -0.05) is 0 Å². The molecule has 2 amide bonds. The normalized spacial score (nSPS) is 26.4. The van der Waals surface area contributed by atoms with Gasteiger partial charge in [0, 0.05) is 0 Å². The first kappa shape index (κ1) is 9.53. The van der Waals surface area contributed by atoms with E-state index in [9.17, 15) is 13.2 Å². The van der Waals surface area contributed by atoms with Crippen LogP contribution in [0.3, 0.4) is 0 Å². The second-order valence-corrected chi connectivity index (χ2v) is 5.75. The smallest absolute Gasteiger partial charge is 0.312 e. The van der Waals surface area contributed by atoms with E-state index < -0.39 is 21.9 Å².